The molecule has 5 nitrogen and oxygen atoms in total. The second kappa shape index (κ2) is 2.10. The molecular weight excluding hydrogens is 160 g/mol. The quantitative estimate of drug-likeness (QED) is 0.583. The van der Waals surface area contributed by atoms with Gasteiger partial charge in [-0.15, -0.1) is 0 Å². The summed E-state index contributed by atoms with van der Waals surface area (Å²) in [5.41, 5.74) is 0.896. The number of rotatable bonds is 0. The molecule has 0 saturated carbocycles. The van der Waals surface area contributed by atoms with Gasteiger partial charge in [-0.3, -0.25) is 9.78 Å². The first-order chi connectivity index (χ1) is 5.68. The van der Waals surface area contributed by atoms with E-state index in [4.69, 9.17) is 4.42 Å². The van der Waals surface area contributed by atoms with Gasteiger partial charge in [0, 0.05) is 11.8 Å². The zero-order valence-corrected chi connectivity index (χ0v) is 6.30. The summed E-state index contributed by atoms with van der Waals surface area (Å²) in [6.45, 7) is 1.75. The molecule has 2 aromatic rings. The first kappa shape index (κ1) is 6.90. The maximum Gasteiger partial charge on any atom is 0.417 e. The molecule has 2 heterocycles. The van der Waals surface area contributed by atoms with Crippen molar-refractivity contribution in [3.05, 3.63) is 32.7 Å². The topological polar surface area (TPSA) is 78.9 Å². The van der Waals surface area contributed by atoms with Crippen molar-refractivity contribution in [3.8, 4) is 0 Å². The Morgan fingerprint density at radius 1 is 1.42 bits per heavy atom. The zero-order chi connectivity index (χ0) is 8.72. The van der Waals surface area contributed by atoms with Crippen LogP contribution in [-0.2, 0) is 0 Å². The molecule has 0 radical (unpaired) electrons. The van der Waals surface area contributed by atoms with Crippen molar-refractivity contribution in [2.75, 3.05) is 0 Å². The van der Waals surface area contributed by atoms with Crippen molar-refractivity contribution in [2.24, 2.45) is 0 Å². The Balaban J connectivity index is 3.14. The summed E-state index contributed by atoms with van der Waals surface area (Å²) in [5.74, 6) is -0.607. The number of pyridine rings is 1. The molecule has 0 amide bonds. The Hall–Kier alpha value is -1.78. The summed E-state index contributed by atoms with van der Waals surface area (Å²) in [5, 5.41) is 0. The van der Waals surface area contributed by atoms with Crippen LogP contribution in [0.15, 0.2) is 20.2 Å². The molecule has 62 valence electrons. The molecule has 0 aliphatic rings. The molecule has 0 atom stereocenters. The minimum absolute atomic E-state index is 0.194. The Bertz CT molecular complexity index is 531. The van der Waals surface area contributed by atoms with E-state index >= 15 is 0 Å². The van der Waals surface area contributed by atoms with E-state index in [1.807, 2.05) is 0 Å². The average molecular weight is 166 g/mol. The van der Waals surface area contributed by atoms with E-state index in [9.17, 15) is 9.59 Å². The molecule has 0 aliphatic carbocycles. The van der Waals surface area contributed by atoms with Crippen LogP contribution in [0, 0.1) is 6.92 Å². The number of fused-ring (bicyclic) bond motifs is 1. The van der Waals surface area contributed by atoms with Crippen LogP contribution < -0.4 is 11.3 Å². The predicted molar refractivity (Wildman–Crippen MR) is 42.2 cm³/mol. The standard InChI is InChI=1S/C7H6N2O3/c1-3-2-8-6(10)4-5(3)12-7(11)9-4/h2H,1H3,(H,8,10)(H,9,11). The number of aryl methyl sites for hydroxylation is 1. The number of aromatic amines is 2. The Labute approximate surface area is 66.0 Å². The minimum atomic E-state index is -0.607. The van der Waals surface area contributed by atoms with Gasteiger partial charge in [0.05, 0.1) is 0 Å². The van der Waals surface area contributed by atoms with Crippen LogP contribution in [0.1, 0.15) is 5.56 Å². The zero-order valence-electron chi connectivity index (χ0n) is 6.30. The second-order valence-corrected chi connectivity index (χ2v) is 2.52. The molecule has 0 fully saturated rings. The third kappa shape index (κ3) is 0.795. The van der Waals surface area contributed by atoms with Crippen LogP contribution in [0.4, 0.5) is 0 Å². The molecule has 0 aromatic carbocycles. The number of hydrogen-bond acceptors (Lipinski definition) is 3. The van der Waals surface area contributed by atoms with Crippen molar-refractivity contribution in [3.63, 3.8) is 0 Å². The molecule has 5 heteroatoms. The van der Waals surface area contributed by atoms with Crippen LogP contribution in [-0.4, -0.2) is 9.97 Å². The largest absolute Gasteiger partial charge is 0.417 e. The Kier molecular flexibility index (Phi) is 1.21. The molecule has 0 spiro atoms. The van der Waals surface area contributed by atoms with Gasteiger partial charge < -0.3 is 9.40 Å². The SMILES string of the molecule is Cc1c[nH]c(=O)c2[nH]c(=O)oc12. The molecule has 0 bridgehead atoms. The van der Waals surface area contributed by atoms with E-state index in [2.05, 4.69) is 9.97 Å². The highest BCUT2D eigenvalue weighted by Crippen LogP contribution is 2.07. The summed E-state index contributed by atoms with van der Waals surface area (Å²) in [6, 6.07) is 0. The molecule has 0 unspecified atom stereocenters. The van der Waals surface area contributed by atoms with Crippen molar-refractivity contribution < 1.29 is 4.42 Å². The van der Waals surface area contributed by atoms with Crippen LogP contribution in [0.3, 0.4) is 0 Å². The van der Waals surface area contributed by atoms with Gasteiger partial charge in [-0.25, -0.2) is 4.79 Å². The maximum absolute atomic E-state index is 11.1. The fourth-order valence-corrected chi connectivity index (χ4v) is 1.08. The first-order valence-corrected chi connectivity index (χ1v) is 3.39. The minimum Gasteiger partial charge on any atom is -0.407 e. The summed E-state index contributed by atoms with van der Waals surface area (Å²) >= 11 is 0. The highest BCUT2D eigenvalue weighted by atomic mass is 16.4. The fourth-order valence-electron chi connectivity index (χ4n) is 1.08. The van der Waals surface area contributed by atoms with Gasteiger partial charge in [0.1, 0.15) is 0 Å². The Morgan fingerprint density at radius 2 is 2.17 bits per heavy atom. The lowest BCUT2D eigenvalue weighted by Crippen LogP contribution is -2.06. The average Bonchev–Trinajstić information content (AvgIpc) is 2.41. The number of oxazole rings is 1. The summed E-state index contributed by atoms with van der Waals surface area (Å²) < 4.78 is 4.75. The molecular formula is C7H6N2O3. The molecule has 12 heavy (non-hydrogen) atoms. The van der Waals surface area contributed by atoms with Gasteiger partial charge in [0.25, 0.3) is 5.56 Å². The van der Waals surface area contributed by atoms with Crippen LogP contribution in [0.2, 0.25) is 0 Å². The number of aromatic nitrogens is 2. The molecule has 0 saturated heterocycles. The third-order valence-electron chi connectivity index (χ3n) is 1.65. The van der Waals surface area contributed by atoms with Gasteiger partial charge >= 0.3 is 5.76 Å². The third-order valence-corrected chi connectivity index (χ3v) is 1.65. The van der Waals surface area contributed by atoms with Gasteiger partial charge in [-0.05, 0) is 6.92 Å². The Morgan fingerprint density at radius 3 is 2.83 bits per heavy atom. The van der Waals surface area contributed by atoms with Crippen LogP contribution in [0.25, 0.3) is 11.1 Å². The van der Waals surface area contributed by atoms with Gasteiger partial charge in [0.2, 0.25) is 0 Å². The lowest BCUT2D eigenvalue weighted by atomic mass is 10.3. The van der Waals surface area contributed by atoms with Crippen molar-refractivity contribution >= 4 is 11.1 Å². The number of H-pyrrole nitrogens is 2. The van der Waals surface area contributed by atoms with Crippen LogP contribution in [0.5, 0.6) is 0 Å². The smallest absolute Gasteiger partial charge is 0.407 e. The molecule has 0 aliphatic heterocycles. The van der Waals surface area contributed by atoms with E-state index in [1.54, 1.807) is 6.92 Å². The van der Waals surface area contributed by atoms with Crippen molar-refractivity contribution in [1.29, 1.82) is 0 Å². The molecule has 2 aromatic heterocycles. The normalized spacial score (nSPS) is 10.8. The van der Waals surface area contributed by atoms with E-state index < -0.39 is 5.76 Å². The van der Waals surface area contributed by atoms with Crippen LogP contribution >= 0.6 is 0 Å². The molecule has 2 rings (SSSR count). The number of nitrogens with one attached hydrogen (secondary N) is 2. The number of hydrogen-bond donors (Lipinski definition) is 2. The lowest BCUT2D eigenvalue weighted by Gasteiger charge is -1.89. The summed E-state index contributed by atoms with van der Waals surface area (Å²) in [6.07, 6.45) is 1.50. The van der Waals surface area contributed by atoms with Gasteiger partial charge in [-0.1, -0.05) is 0 Å². The predicted octanol–water partition coefficient (Wildman–Crippen LogP) is 0.118. The van der Waals surface area contributed by atoms with Gasteiger partial charge in [-0.2, -0.15) is 0 Å². The van der Waals surface area contributed by atoms with Crippen molar-refractivity contribution in [2.45, 2.75) is 6.92 Å². The fraction of sp³-hybridized carbons (Fsp3) is 0.143. The van der Waals surface area contributed by atoms with E-state index in [-0.39, 0.29) is 11.1 Å². The second-order valence-electron chi connectivity index (χ2n) is 2.52. The summed E-state index contributed by atoms with van der Waals surface area (Å²) in [7, 11) is 0. The van der Waals surface area contributed by atoms with E-state index in [0.717, 1.165) is 5.56 Å². The van der Waals surface area contributed by atoms with Crippen molar-refractivity contribution in [1.82, 2.24) is 9.97 Å². The highest BCUT2D eigenvalue weighted by Gasteiger charge is 2.06. The first-order valence-electron chi connectivity index (χ1n) is 3.39. The molecule has 2 N–H and O–H groups in total. The van der Waals surface area contributed by atoms with E-state index in [0.29, 0.717) is 5.58 Å². The lowest BCUT2D eigenvalue weighted by molar-refractivity contribution is 0.553. The monoisotopic (exact) mass is 166 g/mol. The van der Waals surface area contributed by atoms with Gasteiger partial charge in [0.15, 0.2) is 11.1 Å². The highest BCUT2D eigenvalue weighted by molar-refractivity contribution is 5.73. The summed E-state index contributed by atoms with van der Waals surface area (Å²) in [4.78, 5) is 26.5. The maximum atomic E-state index is 11.1. The van der Waals surface area contributed by atoms with E-state index in [1.165, 1.54) is 6.20 Å².